The van der Waals surface area contributed by atoms with Crippen LogP contribution in [0.15, 0.2) is 18.5 Å². The molecule has 20 heavy (non-hydrogen) atoms. The van der Waals surface area contributed by atoms with E-state index in [-0.39, 0.29) is 0 Å². The summed E-state index contributed by atoms with van der Waals surface area (Å²) in [6, 6.07) is 2.51. The fourth-order valence-corrected chi connectivity index (χ4v) is 3.23. The van der Waals surface area contributed by atoms with Crippen LogP contribution in [0.2, 0.25) is 5.15 Å². The molecule has 0 unspecified atom stereocenters. The molecule has 3 rings (SSSR count). The van der Waals surface area contributed by atoms with E-state index in [2.05, 4.69) is 15.1 Å². The first-order chi connectivity index (χ1) is 9.65. The highest BCUT2D eigenvalue weighted by atomic mass is 35.5. The van der Waals surface area contributed by atoms with Crippen molar-refractivity contribution in [1.82, 2.24) is 24.5 Å². The first-order valence-electron chi connectivity index (χ1n) is 7.04. The molecule has 0 aromatic carbocycles. The van der Waals surface area contributed by atoms with Gasteiger partial charge in [-0.05, 0) is 32.4 Å². The zero-order chi connectivity index (χ0) is 14.1. The average Bonchev–Trinajstić information content (AvgIpc) is 3.11. The van der Waals surface area contributed by atoms with Gasteiger partial charge in [0.15, 0.2) is 0 Å². The smallest absolute Gasteiger partial charge is 0.131 e. The first kappa shape index (κ1) is 13.6. The molecule has 2 aromatic rings. The second-order valence-corrected chi connectivity index (χ2v) is 5.83. The van der Waals surface area contributed by atoms with E-state index in [1.165, 1.54) is 12.8 Å². The van der Waals surface area contributed by atoms with Gasteiger partial charge in [-0.25, -0.2) is 0 Å². The summed E-state index contributed by atoms with van der Waals surface area (Å²) in [5.41, 5.74) is 2.18. The quantitative estimate of drug-likeness (QED) is 0.868. The van der Waals surface area contributed by atoms with Crippen LogP contribution in [0, 0.1) is 6.92 Å². The van der Waals surface area contributed by atoms with Crippen molar-refractivity contribution in [3.63, 3.8) is 0 Å². The molecule has 0 amide bonds. The Labute approximate surface area is 124 Å². The van der Waals surface area contributed by atoms with Crippen LogP contribution in [0.25, 0.3) is 0 Å². The van der Waals surface area contributed by atoms with E-state index >= 15 is 0 Å². The van der Waals surface area contributed by atoms with Crippen molar-refractivity contribution in [2.45, 2.75) is 38.9 Å². The lowest BCUT2D eigenvalue weighted by Crippen LogP contribution is -2.32. The number of hydrogen-bond acceptors (Lipinski definition) is 3. The summed E-state index contributed by atoms with van der Waals surface area (Å²) in [5.74, 6) is 0. The molecule has 1 atom stereocenters. The largest absolute Gasteiger partial charge is 0.294 e. The minimum absolute atomic E-state index is 0.533. The van der Waals surface area contributed by atoms with Crippen molar-refractivity contribution in [2.24, 2.45) is 7.05 Å². The van der Waals surface area contributed by atoms with Crippen molar-refractivity contribution >= 4 is 11.6 Å². The molecule has 0 radical (unpaired) electrons. The van der Waals surface area contributed by atoms with Gasteiger partial charge in [-0.15, -0.1) is 0 Å². The SMILES string of the molecule is Cc1nn(C)c(Cl)c1CN1CCC[C@H]1Cn1cccn1. The Bertz CT molecular complexity index is 575. The highest BCUT2D eigenvalue weighted by Gasteiger charge is 2.27. The minimum Gasteiger partial charge on any atom is -0.294 e. The van der Waals surface area contributed by atoms with Crippen LogP contribution in [-0.2, 0) is 20.1 Å². The van der Waals surface area contributed by atoms with E-state index in [0.717, 1.165) is 36.0 Å². The standard InChI is InChI=1S/C14H20ClN5/c1-11-13(14(15)18(2)17-11)10-19-7-3-5-12(19)9-20-8-4-6-16-20/h4,6,8,12H,3,5,7,9-10H2,1-2H3/t12-/m0/s1. The molecule has 0 aliphatic carbocycles. The number of rotatable bonds is 4. The molecule has 1 saturated heterocycles. The summed E-state index contributed by atoms with van der Waals surface area (Å²) in [7, 11) is 1.89. The molecule has 2 aromatic heterocycles. The van der Waals surface area contributed by atoms with E-state index in [0.29, 0.717) is 6.04 Å². The van der Waals surface area contributed by atoms with Crippen LogP contribution in [-0.4, -0.2) is 37.0 Å². The van der Waals surface area contributed by atoms with Gasteiger partial charge in [-0.2, -0.15) is 10.2 Å². The van der Waals surface area contributed by atoms with Gasteiger partial charge in [0.05, 0.1) is 12.2 Å². The van der Waals surface area contributed by atoms with Crippen molar-refractivity contribution < 1.29 is 0 Å². The summed E-state index contributed by atoms with van der Waals surface area (Å²) in [6.45, 7) is 4.98. The molecular formula is C14H20ClN5. The zero-order valence-electron chi connectivity index (χ0n) is 12.0. The van der Waals surface area contributed by atoms with Crippen LogP contribution in [0.3, 0.4) is 0 Å². The van der Waals surface area contributed by atoms with Crippen molar-refractivity contribution in [3.05, 3.63) is 34.9 Å². The van der Waals surface area contributed by atoms with Gasteiger partial charge in [0.2, 0.25) is 0 Å². The van der Waals surface area contributed by atoms with Gasteiger partial charge >= 0.3 is 0 Å². The normalized spacial score (nSPS) is 19.9. The molecule has 0 N–H and O–H groups in total. The van der Waals surface area contributed by atoms with Gasteiger partial charge in [0.25, 0.3) is 0 Å². The summed E-state index contributed by atoms with van der Waals surface area (Å²) in [4.78, 5) is 2.50. The molecule has 108 valence electrons. The average molecular weight is 294 g/mol. The Balaban J connectivity index is 1.72. The van der Waals surface area contributed by atoms with Crippen molar-refractivity contribution in [1.29, 1.82) is 0 Å². The lowest BCUT2D eigenvalue weighted by Gasteiger charge is -2.24. The summed E-state index contributed by atoms with van der Waals surface area (Å²) in [6.07, 6.45) is 6.32. The van der Waals surface area contributed by atoms with Gasteiger partial charge in [0.1, 0.15) is 5.15 Å². The van der Waals surface area contributed by atoms with Crippen molar-refractivity contribution in [2.75, 3.05) is 6.54 Å². The molecule has 0 saturated carbocycles. The van der Waals surface area contributed by atoms with Gasteiger partial charge in [-0.1, -0.05) is 11.6 Å². The van der Waals surface area contributed by atoms with E-state index < -0.39 is 0 Å². The monoisotopic (exact) mass is 293 g/mol. The van der Waals surface area contributed by atoms with E-state index in [1.807, 2.05) is 37.1 Å². The van der Waals surface area contributed by atoms with Gasteiger partial charge in [0, 0.05) is 37.6 Å². The lowest BCUT2D eigenvalue weighted by molar-refractivity contribution is 0.219. The van der Waals surface area contributed by atoms with E-state index in [1.54, 1.807) is 4.68 Å². The fourth-order valence-electron chi connectivity index (χ4n) is 2.99. The molecule has 1 aliphatic rings. The number of nitrogens with zero attached hydrogens (tertiary/aromatic N) is 5. The molecule has 6 heteroatoms. The molecule has 3 heterocycles. The van der Waals surface area contributed by atoms with Crippen molar-refractivity contribution in [3.8, 4) is 0 Å². The highest BCUT2D eigenvalue weighted by molar-refractivity contribution is 6.30. The second kappa shape index (κ2) is 5.58. The van der Waals surface area contributed by atoms with Crippen LogP contribution < -0.4 is 0 Å². The lowest BCUT2D eigenvalue weighted by atomic mass is 10.2. The Hall–Kier alpha value is -1.33. The number of hydrogen-bond donors (Lipinski definition) is 0. The molecule has 1 fully saturated rings. The summed E-state index contributed by atoms with van der Waals surface area (Å²) < 4.78 is 3.77. The third kappa shape index (κ3) is 2.60. The maximum absolute atomic E-state index is 6.34. The fraction of sp³-hybridized carbons (Fsp3) is 0.571. The predicted octanol–water partition coefficient (Wildman–Crippen LogP) is 2.24. The van der Waals surface area contributed by atoms with Crippen LogP contribution >= 0.6 is 11.6 Å². The number of aromatic nitrogens is 4. The molecule has 0 spiro atoms. The van der Waals surface area contributed by atoms with Gasteiger partial charge in [-0.3, -0.25) is 14.3 Å². The van der Waals surface area contributed by atoms with Crippen LogP contribution in [0.5, 0.6) is 0 Å². The maximum atomic E-state index is 6.34. The van der Waals surface area contributed by atoms with Crippen LogP contribution in [0.4, 0.5) is 0 Å². The predicted molar refractivity (Wildman–Crippen MR) is 78.6 cm³/mol. The van der Waals surface area contributed by atoms with Crippen LogP contribution in [0.1, 0.15) is 24.1 Å². The van der Waals surface area contributed by atoms with Gasteiger partial charge < -0.3 is 0 Å². The number of halogens is 1. The summed E-state index contributed by atoms with van der Waals surface area (Å²) >= 11 is 6.34. The first-order valence-corrected chi connectivity index (χ1v) is 7.42. The Morgan fingerprint density at radius 2 is 2.30 bits per heavy atom. The van der Waals surface area contributed by atoms with E-state index in [4.69, 9.17) is 11.6 Å². The van der Waals surface area contributed by atoms with E-state index in [9.17, 15) is 0 Å². The zero-order valence-corrected chi connectivity index (χ0v) is 12.7. The number of likely N-dealkylation sites (tertiary alicyclic amines) is 1. The number of aryl methyl sites for hydroxylation is 2. The Morgan fingerprint density at radius 3 is 2.95 bits per heavy atom. The minimum atomic E-state index is 0.533. The maximum Gasteiger partial charge on any atom is 0.131 e. The summed E-state index contributed by atoms with van der Waals surface area (Å²) in [5, 5.41) is 9.46. The molecule has 1 aliphatic heterocycles. The highest BCUT2D eigenvalue weighted by Crippen LogP contribution is 2.26. The third-order valence-electron chi connectivity index (χ3n) is 4.09. The molecule has 0 bridgehead atoms. The molecule has 5 nitrogen and oxygen atoms in total. The second-order valence-electron chi connectivity index (χ2n) is 5.47. The topological polar surface area (TPSA) is 38.9 Å². The molecular weight excluding hydrogens is 274 g/mol. The Morgan fingerprint density at radius 1 is 1.45 bits per heavy atom. The Kier molecular flexibility index (Phi) is 3.81. The third-order valence-corrected chi connectivity index (χ3v) is 4.56.